The van der Waals surface area contributed by atoms with Crippen molar-refractivity contribution in [2.75, 3.05) is 18.4 Å². The van der Waals surface area contributed by atoms with Crippen LogP contribution in [-0.2, 0) is 16.1 Å². The minimum absolute atomic E-state index is 0.0467. The highest BCUT2D eigenvalue weighted by molar-refractivity contribution is 6.39. The van der Waals surface area contributed by atoms with Gasteiger partial charge in [-0.2, -0.15) is 0 Å². The SMILES string of the molecule is Cc1cc(C)c(NC(=O)C(=O)NC2CCN(Cc3ccccc3)CC2)c(C)c1. The number of likely N-dealkylation sites (tertiary alicyclic amines) is 1. The molecule has 5 heteroatoms. The number of nitrogens with one attached hydrogen (secondary N) is 2. The van der Waals surface area contributed by atoms with E-state index >= 15 is 0 Å². The number of benzene rings is 2. The molecule has 0 spiro atoms. The molecule has 0 saturated carbocycles. The molecule has 3 rings (SSSR count). The minimum atomic E-state index is -0.596. The molecule has 5 nitrogen and oxygen atoms in total. The Labute approximate surface area is 167 Å². The Morgan fingerprint density at radius 2 is 1.57 bits per heavy atom. The van der Waals surface area contributed by atoms with E-state index < -0.39 is 11.8 Å². The number of nitrogens with zero attached hydrogens (tertiary/aromatic N) is 1. The van der Waals surface area contributed by atoms with Crippen molar-refractivity contribution in [1.82, 2.24) is 10.2 Å². The average molecular weight is 380 g/mol. The first-order chi connectivity index (χ1) is 13.4. The maximum Gasteiger partial charge on any atom is 0.313 e. The van der Waals surface area contributed by atoms with Gasteiger partial charge in [-0.3, -0.25) is 14.5 Å². The zero-order chi connectivity index (χ0) is 20.1. The normalized spacial score (nSPS) is 15.2. The van der Waals surface area contributed by atoms with Crippen LogP contribution in [0.5, 0.6) is 0 Å². The van der Waals surface area contributed by atoms with Crippen molar-refractivity contribution in [2.24, 2.45) is 0 Å². The Morgan fingerprint density at radius 3 is 2.18 bits per heavy atom. The summed E-state index contributed by atoms with van der Waals surface area (Å²) in [6, 6.07) is 14.4. The Kier molecular flexibility index (Phi) is 6.47. The predicted octanol–water partition coefficient (Wildman–Crippen LogP) is 3.33. The third-order valence-electron chi connectivity index (χ3n) is 5.29. The lowest BCUT2D eigenvalue weighted by Crippen LogP contribution is -2.47. The van der Waals surface area contributed by atoms with Crippen molar-refractivity contribution < 1.29 is 9.59 Å². The van der Waals surface area contributed by atoms with Gasteiger partial charge in [0, 0.05) is 31.4 Å². The smallest absolute Gasteiger partial charge is 0.313 e. The van der Waals surface area contributed by atoms with E-state index in [2.05, 4.69) is 39.8 Å². The molecule has 0 bridgehead atoms. The quantitative estimate of drug-likeness (QED) is 0.801. The lowest BCUT2D eigenvalue weighted by atomic mass is 10.0. The summed E-state index contributed by atoms with van der Waals surface area (Å²) in [5, 5.41) is 5.67. The molecule has 0 atom stereocenters. The Morgan fingerprint density at radius 1 is 0.964 bits per heavy atom. The number of piperidine rings is 1. The highest BCUT2D eigenvalue weighted by Crippen LogP contribution is 2.22. The van der Waals surface area contributed by atoms with Crippen LogP contribution < -0.4 is 10.6 Å². The molecule has 2 aromatic rings. The molecule has 1 fully saturated rings. The molecule has 28 heavy (non-hydrogen) atoms. The topological polar surface area (TPSA) is 61.4 Å². The number of carbonyl (C=O) groups is 2. The number of amides is 2. The maximum absolute atomic E-state index is 12.3. The van der Waals surface area contributed by atoms with E-state index in [4.69, 9.17) is 0 Å². The van der Waals surface area contributed by atoms with Gasteiger partial charge in [0.25, 0.3) is 0 Å². The number of rotatable bonds is 4. The van der Waals surface area contributed by atoms with Crippen LogP contribution in [0.1, 0.15) is 35.1 Å². The van der Waals surface area contributed by atoms with Gasteiger partial charge in [-0.1, -0.05) is 48.0 Å². The summed E-state index contributed by atoms with van der Waals surface area (Å²) in [5.41, 5.74) is 5.09. The van der Waals surface area contributed by atoms with Crippen LogP contribution in [0.15, 0.2) is 42.5 Å². The van der Waals surface area contributed by atoms with Crippen LogP contribution in [0, 0.1) is 20.8 Å². The predicted molar refractivity (Wildman–Crippen MR) is 112 cm³/mol. The lowest BCUT2D eigenvalue weighted by Gasteiger charge is -2.32. The summed E-state index contributed by atoms with van der Waals surface area (Å²) < 4.78 is 0. The first-order valence-electron chi connectivity index (χ1n) is 9.88. The van der Waals surface area contributed by atoms with E-state index in [1.807, 2.05) is 39.0 Å². The fraction of sp³-hybridized carbons (Fsp3) is 0.391. The first kappa shape index (κ1) is 20.1. The van der Waals surface area contributed by atoms with Crippen LogP contribution in [0.2, 0.25) is 0 Å². The van der Waals surface area contributed by atoms with Gasteiger partial charge in [-0.15, -0.1) is 0 Å². The second kappa shape index (κ2) is 9.02. The van der Waals surface area contributed by atoms with Crippen LogP contribution in [0.3, 0.4) is 0 Å². The molecule has 1 heterocycles. The number of carbonyl (C=O) groups excluding carboxylic acids is 2. The summed E-state index contributed by atoms with van der Waals surface area (Å²) in [7, 11) is 0. The first-order valence-corrected chi connectivity index (χ1v) is 9.88. The van der Waals surface area contributed by atoms with Gasteiger partial charge in [-0.05, 0) is 50.3 Å². The number of hydrogen-bond acceptors (Lipinski definition) is 3. The van der Waals surface area contributed by atoms with Crippen molar-refractivity contribution in [3.8, 4) is 0 Å². The van der Waals surface area contributed by atoms with E-state index in [0.717, 1.165) is 54.9 Å². The summed E-state index contributed by atoms with van der Waals surface area (Å²) in [5.74, 6) is -1.15. The number of aryl methyl sites for hydroxylation is 3. The average Bonchev–Trinajstić information content (AvgIpc) is 2.67. The summed E-state index contributed by atoms with van der Waals surface area (Å²) in [4.78, 5) is 27.1. The van der Waals surface area contributed by atoms with Gasteiger partial charge in [0.1, 0.15) is 0 Å². The molecule has 1 saturated heterocycles. The van der Waals surface area contributed by atoms with Gasteiger partial charge in [0.05, 0.1) is 0 Å². The fourth-order valence-electron chi connectivity index (χ4n) is 3.88. The van der Waals surface area contributed by atoms with Crippen LogP contribution >= 0.6 is 0 Å². The maximum atomic E-state index is 12.3. The van der Waals surface area contributed by atoms with E-state index in [0.29, 0.717) is 0 Å². The van der Waals surface area contributed by atoms with E-state index in [-0.39, 0.29) is 6.04 Å². The zero-order valence-electron chi connectivity index (χ0n) is 16.9. The van der Waals surface area contributed by atoms with Gasteiger partial charge in [0.15, 0.2) is 0 Å². The van der Waals surface area contributed by atoms with Crippen LogP contribution in [-0.4, -0.2) is 35.8 Å². The third kappa shape index (κ3) is 5.20. The van der Waals surface area contributed by atoms with Crippen LogP contribution in [0.4, 0.5) is 5.69 Å². The Hall–Kier alpha value is -2.66. The highest BCUT2D eigenvalue weighted by Gasteiger charge is 2.24. The molecule has 0 aromatic heterocycles. The summed E-state index contributed by atoms with van der Waals surface area (Å²) >= 11 is 0. The zero-order valence-corrected chi connectivity index (χ0v) is 16.9. The lowest BCUT2D eigenvalue weighted by molar-refractivity contribution is -0.136. The third-order valence-corrected chi connectivity index (χ3v) is 5.29. The number of anilines is 1. The molecule has 1 aliphatic heterocycles. The molecule has 148 valence electrons. The molecular weight excluding hydrogens is 350 g/mol. The molecule has 1 aliphatic rings. The molecule has 2 N–H and O–H groups in total. The van der Waals surface area contributed by atoms with Crippen molar-refractivity contribution in [2.45, 2.75) is 46.2 Å². The molecule has 0 unspecified atom stereocenters. The monoisotopic (exact) mass is 379 g/mol. The van der Waals surface area contributed by atoms with Crippen molar-refractivity contribution in [3.05, 3.63) is 64.7 Å². The molecule has 2 aromatic carbocycles. The van der Waals surface area contributed by atoms with Gasteiger partial charge in [-0.25, -0.2) is 0 Å². The highest BCUT2D eigenvalue weighted by atomic mass is 16.2. The van der Waals surface area contributed by atoms with Gasteiger partial charge in [0.2, 0.25) is 0 Å². The van der Waals surface area contributed by atoms with Crippen LogP contribution in [0.25, 0.3) is 0 Å². The largest absolute Gasteiger partial charge is 0.345 e. The van der Waals surface area contributed by atoms with E-state index in [1.165, 1.54) is 5.56 Å². The van der Waals surface area contributed by atoms with Crippen molar-refractivity contribution in [3.63, 3.8) is 0 Å². The van der Waals surface area contributed by atoms with Gasteiger partial charge < -0.3 is 10.6 Å². The van der Waals surface area contributed by atoms with E-state index in [9.17, 15) is 9.59 Å². The fourth-order valence-corrected chi connectivity index (χ4v) is 3.88. The van der Waals surface area contributed by atoms with E-state index in [1.54, 1.807) is 0 Å². The molecule has 0 radical (unpaired) electrons. The van der Waals surface area contributed by atoms with Gasteiger partial charge >= 0.3 is 11.8 Å². The Balaban J connectivity index is 1.48. The standard InChI is InChI=1S/C23H29N3O2/c1-16-13-17(2)21(18(3)14-16)25-23(28)22(27)24-20-9-11-26(12-10-20)15-19-7-5-4-6-8-19/h4-8,13-14,20H,9-12,15H2,1-3H3,(H,24,27)(H,25,28). The minimum Gasteiger partial charge on any atom is -0.345 e. The molecular formula is C23H29N3O2. The second-order valence-electron chi connectivity index (χ2n) is 7.74. The summed E-state index contributed by atoms with van der Waals surface area (Å²) in [6.45, 7) is 8.65. The molecule has 2 amide bonds. The van der Waals surface area contributed by atoms with Crippen molar-refractivity contribution >= 4 is 17.5 Å². The number of hydrogen-bond donors (Lipinski definition) is 2. The summed E-state index contributed by atoms with van der Waals surface area (Å²) in [6.07, 6.45) is 1.71. The second-order valence-corrected chi connectivity index (χ2v) is 7.74. The van der Waals surface area contributed by atoms with Crippen molar-refractivity contribution in [1.29, 1.82) is 0 Å². The Bertz CT molecular complexity index is 817. The molecule has 0 aliphatic carbocycles.